The quantitative estimate of drug-likeness (QED) is 0.475. The summed E-state index contributed by atoms with van der Waals surface area (Å²) in [4.78, 5) is 24.1. The van der Waals surface area contributed by atoms with Crippen LogP contribution in [0.3, 0.4) is 0 Å². The number of para-hydroxylation sites is 2. The van der Waals surface area contributed by atoms with Crippen molar-refractivity contribution in [3.8, 4) is 0 Å². The van der Waals surface area contributed by atoms with Crippen LogP contribution >= 0.6 is 0 Å². The zero-order valence-electron chi connectivity index (χ0n) is 19.9. The van der Waals surface area contributed by atoms with Crippen molar-refractivity contribution in [1.29, 1.82) is 0 Å². The van der Waals surface area contributed by atoms with Gasteiger partial charge in [-0.15, -0.1) is 0 Å². The van der Waals surface area contributed by atoms with Crippen LogP contribution < -0.4 is 20.9 Å². The Labute approximate surface area is 196 Å². The second-order valence-corrected chi connectivity index (χ2v) is 9.32. The third-order valence-corrected chi connectivity index (χ3v) is 6.23. The van der Waals surface area contributed by atoms with Crippen LogP contribution in [-0.2, 0) is 0 Å². The van der Waals surface area contributed by atoms with Gasteiger partial charge in [0.2, 0.25) is 5.95 Å². The number of hydrogen-bond donors (Lipinski definition) is 3. The Bertz CT molecular complexity index is 1100. The number of amides is 2. The number of rotatable bonds is 6. The van der Waals surface area contributed by atoms with Crippen molar-refractivity contribution in [2.45, 2.75) is 57.5 Å². The maximum Gasteiger partial charge on any atom is 0.319 e. The van der Waals surface area contributed by atoms with Crippen molar-refractivity contribution in [3.63, 3.8) is 0 Å². The Balaban J connectivity index is 1.33. The first kappa shape index (κ1) is 22.8. The molecule has 2 amide bonds. The Kier molecular flexibility index (Phi) is 6.96. The predicted octanol–water partition coefficient (Wildman–Crippen LogP) is 5.36. The van der Waals surface area contributed by atoms with Gasteiger partial charge in [0.05, 0.1) is 5.52 Å². The van der Waals surface area contributed by atoms with Crippen LogP contribution in [0.4, 0.5) is 22.2 Å². The summed E-state index contributed by atoms with van der Waals surface area (Å²) < 4.78 is 0. The highest BCUT2D eigenvalue weighted by Crippen LogP contribution is 2.27. The summed E-state index contributed by atoms with van der Waals surface area (Å²) in [5, 5.41) is 10.8. The van der Waals surface area contributed by atoms with E-state index in [0.717, 1.165) is 53.7 Å². The molecule has 1 heterocycles. The normalized spacial score (nSPS) is 18.2. The van der Waals surface area contributed by atoms with Gasteiger partial charge in [-0.25, -0.2) is 9.78 Å². The number of carbonyl (C=O) groups is 1. The molecule has 174 valence electrons. The number of nitrogens with one attached hydrogen (secondary N) is 3. The lowest BCUT2D eigenvalue weighted by Crippen LogP contribution is -2.42. The number of aromatic nitrogens is 2. The molecule has 1 fully saturated rings. The molecular weight excluding hydrogens is 412 g/mol. The largest absolute Gasteiger partial charge is 0.362 e. The van der Waals surface area contributed by atoms with E-state index in [1.165, 1.54) is 0 Å². The average molecular weight is 447 g/mol. The van der Waals surface area contributed by atoms with Crippen molar-refractivity contribution < 1.29 is 4.79 Å². The predicted molar refractivity (Wildman–Crippen MR) is 136 cm³/mol. The summed E-state index contributed by atoms with van der Waals surface area (Å²) >= 11 is 0. The molecule has 33 heavy (non-hydrogen) atoms. The Morgan fingerprint density at radius 2 is 1.61 bits per heavy atom. The molecule has 1 aliphatic carbocycles. The highest BCUT2D eigenvalue weighted by molar-refractivity contribution is 5.91. The van der Waals surface area contributed by atoms with Gasteiger partial charge in [-0.2, -0.15) is 4.98 Å². The number of carbonyl (C=O) groups excluding carboxylic acids is 1. The van der Waals surface area contributed by atoms with Crippen molar-refractivity contribution in [1.82, 2.24) is 15.3 Å². The molecule has 3 N–H and O–H groups in total. The minimum Gasteiger partial charge on any atom is -0.362 e. The fraction of sp³-hybridized carbons (Fsp3) is 0.423. The lowest BCUT2D eigenvalue weighted by molar-refractivity contribution is 0.243. The van der Waals surface area contributed by atoms with Crippen molar-refractivity contribution in [2.24, 2.45) is 0 Å². The van der Waals surface area contributed by atoms with E-state index >= 15 is 0 Å². The molecule has 4 rings (SSSR count). The lowest BCUT2D eigenvalue weighted by Gasteiger charge is -2.30. The molecule has 0 spiro atoms. The second kappa shape index (κ2) is 10.1. The number of hydrogen-bond acceptors (Lipinski definition) is 5. The molecule has 1 saturated carbocycles. The highest BCUT2D eigenvalue weighted by atomic mass is 16.2. The van der Waals surface area contributed by atoms with Crippen LogP contribution in [0, 0.1) is 0 Å². The molecule has 0 radical (unpaired) electrons. The molecule has 3 aromatic rings. The van der Waals surface area contributed by atoms with Gasteiger partial charge in [0, 0.05) is 37.3 Å². The molecule has 0 unspecified atom stereocenters. The maximum absolute atomic E-state index is 12.6. The number of anilines is 3. The Hall–Kier alpha value is -3.35. The van der Waals surface area contributed by atoms with E-state index < -0.39 is 0 Å². The molecule has 2 aromatic carbocycles. The monoisotopic (exact) mass is 446 g/mol. The molecule has 7 nitrogen and oxygen atoms in total. The molecule has 0 atom stereocenters. The maximum atomic E-state index is 12.6. The number of nitrogens with zero attached hydrogens (tertiary/aromatic N) is 3. The first-order valence-electron chi connectivity index (χ1n) is 11.8. The van der Waals surface area contributed by atoms with E-state index in [1.54, 1.807) is 0 Å². The summed E-state index contributed by atoms with van der Waals surface area (Å²) in [7, 11) is 4.00. The van der Waals surface area contributed by atoms with Gasteiger partial charge < -0.3 is 20.9 Å². The van der Waals surface area contributed by atoms with Crippen LogP contribution in [0.2, 0.25) is 0 Å². The van der Waals surface area contributed by atoms with Crippen LogP contribution in [0.15, 0.2) is 48.5 Å². The lowest BCUT2D eigenvalue weighted by atomic mass is 9.91. The van der Waals surface area contributed by atoms with Crippen molar-refractivity contribution >= 4 is 34.4 Å². The molecule has 7 heteroatoms. The topological polar surface area (TPSA) is 82.2 Å². The molecule has 0 saturated heterocycles. The Morgan fingerprint density at radius 3 is 2.33 bits per heavy atom. The number of fused-ring (bicyclic) bond motifs is 1. The summed E-state index contributed by atoms with van der Waals surface area (Å²) in [5.74, 6) is 1.93. The Morgan fingerprint density at radius 1 is 0.939 bits per heavy atom. The summed E-state index contributed by atoms with van der Waals surface area (Å²) in [6.07, 6.45) is 3.76. The number of urea groups is 1. The van der Waals surface area contributed by atoms with Crippen molar-refractivity contribution in [3.05, 3.63) is 54.1 Å². The summed E-state index contributed by atoms with van der Waals surface area (Å²) in [6.45, 7) is 4.26. The minimum atomic E-state index is -0.131. The summed E-state index contributed by atoms with van der Waals surface area (Å²) in [6, 6.07) is 16.4. The van der Waals surface area contributed by atoms with Crippen LogP contribution in [-0.4, -0.2) is 42.2 Å². The van der Waals surface area contributed by atoms with Gasteiger partial charge in [0.15, 0.2) is 0 Å². The average Bonchev–Trinajstić information content (AvgIpc) is 2.80. The van der Waals surface area contributed by atoms with Crippen molar-refractivity contribution in [2.75, 3.05) is 29.6 Å². The van der Waals surface area contributed by atoms with Gasteiger partial charge in [0.25, 0.3) is 0 Å². The molecule has 0 bridgehead atoms. The van der Waals surface area contributed by atoms with E-state index in [9.17, 15) is 4.79 Å². The van der Waals surface area contributed by atoms with Gasteiger partial charge in [0.1, 0.15) is 5.82 Å². The molecular formula is C26H34N6O. The van der Waals surface area contributed by atoms with E-state index in [2.05, 4.69) is 41.9 Å². The van der Waals surface area contributed by atoms with Crippen LogP contribution in [0.1, 0.15) is 51.0 Å². The van der Waals surface area contributed by atoms with Gasteiger partial charge in [-0.1, -0.05) is 44.2 Å². The van der Waals surface area contributed by atoms with E-state index in [-0.39, 0.29) is 12.1 Å². The van der Waals surface area contributed by atoms with E-state index in [4.69, 9.17) is 9.97 Å². The van der Waals surface area contributed by atoms with Gasteiger partial charge in [-0.05, 0) is 55.4 Å². The van der Waals surface area contributed by atoms with Gasteiger partial charge >= 0.3 is 6.03 Å². The fourth-order valence-electron chi connectivity index (χ4n) is 4.49. The zero-order chi connectivity index (χ0) is 23.4. The summed E-state index contributed by atoms with van der Waals surface area (Å²) in [5.41, 5.74) is 2.96. The van der Waals surface area contributed by atoms with Crippen LogP contribution in [0.25, 0.3) is 10.9 Å². The van der Waals surface area contributed by atoms with E-state index in [1.807, 2.05) is 55.4 Å². The SMILES string of the molecule is CC(C)c1ccccc1NC(=O)N[C@H]1CC[C@@H](Nc2nc(N(C)C)c3ccccc3n2)CC1. The van der Waals surface area contributed by atoms with Crippen LogP contribution in [0.5, 0.6) is 0 Å². The molecule has 1 aromatic heterocycles. The smallest absolute Gasteiger partial charge is 0.319 e. The first-order chi connectivity index (χ1) is 15.9. The third-order valence-electron chi connectivity index (χ3n) is 6.23. The second-order valence-electron chi connectivity index (χ2n) is 9.32. The minimum absolute atomic E-state index is 0.131. The zero-order valence-corrected chi connectivity index (χ0v) is 19.9. The fourth-order valence-corrected chi connectivity index (χ4v) is 4.49. The first-order valence-corrected chi connectivity index (χ1v) is 11.8. The third kappa shape index (κ3) is 5.53. The number of benzene rings is 2. The standard InChI is InChI=1S/C26H34N6O/c1-17(2)20-9-5-7-11-22(20)30-26(33)28-19-15-13-18(14-16-19)27-25-29-23-12-8-6-10-21(23)24(31-25)32(3)4/h5-12,17-19H,13-16H2,1-4H3,(H,27,29,31)(H2,28,30,33)/t18-,19+. The highest BCUT2D eigenvalue weighted by Gasteiger charge is 2.24. The van der Waals surface area contributed by atoms with Gasteiger partial charge in [-0.3, -0.25) is 0 Å². The molecule has 1 aliphatic rings. The van der Waals surface area contributed by atoms with E-state index in [0.29, 0.717) is 17.9 Å². The molecule has 0 aliphatic heterocycles.